The van der Waals surface area contributed by atoms with Gasteiger partial charge in [-0.05, 0) is 35.9 Å². The molecule has 0 saturated carbocycles. The maximum Gasteiger partial charge on any atom is 0.124 e. The summed E-state index contributed by atoms with van der Waals surface area (Å²) in [6.07, 6.45) is 1.21. The molecular formula is C15H12BrClO2. The summed E-state index contributed by atoms with van der Waals surface area (Å²) >= 11 is 9.21. The van der Waals surface area contributed by atoms with Crippen LogP contribution in [0.1, 0.15) is 11.1 Å². The minimum absolute atomic E-state index is 0.343. The predicted octanol–water partition coefficient (Wildman–Crippen LogP) is 4.42. The highest BCUT2D eigenvalue weighted by Crippen LogP contribution is 2.24. The Hall–Kier alpha value is -1.32. The smallest absolute Gasteiger partial charge is 0.124 e. The van der Waals surface area contributed by atoms with Crippen LogP contribution < -0.4 is 4.74 Å². The van der Waals surface area contributed by atoms with Crippen molar-refractivity contribution < 1.29 is 9.53 Å². The lowest BCUT2D eigenvalue weighted by atomic mass is 10.1. The Bertz CT molecular complexity index is 567. The number of benzene rings is 2. The van der Waals surface area contributed by atoms with E-state index in [9.17, 15) is 4.79 Å². The quantitative estimate of drug-likeness (QED) is 0.754. The van der Waals surface area contributed by atoms with E-state index in [1.165, 1.54) is 0 Å². The van der Waals surface area contributed by atoms with Gasteiger partial charge in [0.15, 0.2) is 0 Å². The second-order valence-electron chi connectivity index (χ2n) is 4.04. The first-order valence-corrected chi connectivity index (χ1v) is 6.95. The maximum absolute atomic E-state index is 10.7. The van der Waals surface area contributed by atoms with E-state index < -0.39 is 0 Å². The van der Waals surface area contributed by atoms with Crippen LogP contribution in [0, 0.1) is 0 Å². The minimum Gasteiger partial charge on any atom is -0.489 e. The van der Waals surface area contributed by atoms with E-state index in [0.717, 1.165) is 27.6 Å². The Balaban J connectivity index is 2.10. The van der Waals surface area contributed by atoms with Crippen molar-refractivity contribution in [2.45, 2.75) is 13.0 Å². The third-order valence-corrected chi connectivity index (χ3v) is 3.38. The fraction of sp³-hybridized carbons (Fsp3) is 0.133. The molecular weight excluding hydrogens is 328 g/mol. The summed E-state index contributed by atoms with van der Waals surface area (Å²) in [5.41, 5.74) is 1.91. The fourth-order valence-electron chi connectivity index (χ4n) is 1.68. The van der Waals surface area contributed by atoms with E-state index in [0.29, 0.717) is 18.1 Å². The average Bonchev–Trinajstić information content (AvgIpc) is 2.40. The molecule has 0 aliphatic rings. The van der Waals surface area contributed by atoms with E-state index in [1.54, 1.807) is 0 Å². The first-order chi connectivity index (χ1) is 9.19. The Kier molecular flexibility index (Phi) is 5.00. The normalized spacial score (nSPS) is 10.2. The topological polar surface area (TPSA) is 26.3 Å². The number of carbonyl (C=O) groups is 1. The Morgan fingerprint density at radius 2 is 1.89 bits per heavy atom. The fourth-order valence-corrected chi connectivity index (χ4v) is 2.21. The lowest BCUT2D eigenvalue weighted by Gasteiger charge is -2.10. The van der Waals surface area contributed by atoms with E-state index in [4.69, 9.17) is 16.3 Å². The molecule has 98 valence electrons. The molecule has 2 rings (SSSR count). The largest absolute Gasteiger partial charge is 0.489 e. The van der Waals surface area contributed by atoms with Crippen molar-refractivity contribution in [1.82, 2.24) is 0 Å². The molecule has 0 aliphatic heterocycles. The number of hydrogen-bond donors (Lipinski definition) is 0. The molecule has 0 saturated heterocycles. The molecule has 4 heteroatoms. The summed E-state index contributed by atoms with van der Waals surface area (Å²) in [5, 5.41) is 0.703. The summed E-state index contributed by atoms with van der Waals surface area (Å²) in [6.45, 7) is 0.449. The van der Waals surface area contributed by atoms with Crippen LogP contribution in [-0.2, 0) is 17.8 Å². The van der Waals surface area contributed by atoms with E-state index >= 15 is 0 Å². The SMILES string of the molecule is O=CCc1cc(Br)ccc1OCc1ccc(Cl)cc1. The van der Waals surface area contributed by atoms with Gasteiger partial charge in [0.1, 0.15) is 18.6 Å². The predicted molar refractivity (Wildman–Crippen MR) is 79.7 cm³/mol. The number of aldehydes is 1. The van der Waals surface area contributed by atoms with Crippen LogP contribution in [0.2, 0.25) is 5.02 Å². The third-order valence-electron chi connectivity index (χ3n) is 2.63. The monoisotopic (exact) mass is 338 g/mol. The average molecular weight is 340 g/mol. The molecule has 0 amide bonds. The van der Waals surface area contributed by atoms with Crippen molar-refractivity contribution in [2.75, 3.05) is 0 Å². The molecule has 0 spiro atoms. The molecule has 0 heterocycles. The van der Waals surface area contributed by atoms with Crippen LogP contribution in [0.4, 0.5) is 0 Å². The first kappa shape index (κ1) is 14.1. The number of carbonyl (C=O) groups excluding carboxylic acids is 1. The van der Waals surface area contributed by atoms with Gasteiger partial charge in [0.2, 0.25) is 0 Å². The zero-order chi connectivity index (χ0) is 13.7. The summed E-state index contributed by atoms with van der Waals surface area (Å²) in [5.74, 6) is 0.727. The van der Waals surface area contributed by atoms with Gasteiger partial charge in [-0.15, -0.1) is 0 Å². The van der Waals surface area contributed by atoms with Crippen molar-refractivity contribution >= 4 is 33.8 Å². The van der Waals surface area contributed by atoms with Crippen LogP contribution in [-0.4, -0.2) is 6.29 Å². The second-order valence-corrected chi connectivity index (χ2v) is 5.39. The Morgan fingerprint density at radius 3 is 2.58 bits per heavy atom. The maximum atomic E-state index is 10.7. The molecule has 0 N–H and O–H groups in total. The van der Waals surface area contributed by atoms with Crippen LogP contribution in [0.15, 0.2) is 46.9 Å². The van der Waals surface area contributed by atoms with Crippen LogP contribution in [0.5, 0.6) is 5.75 Å². The zero-order valence-corrected chi connectivity index (χ0v) is 12.4. The molecule has 0 bridgehead atoms. The number of ether oxygens (including phenoxy) is 1. The van der Waals surface area contributed by atoms with Gasteiger partial charge in [-0.2, -0.15) is 0 Å². The number of rotatable bonds is 5. The molecule has 0 unspecified atom stereocenters. The van der Waals surface area contributed by atoms with Gasteiger partial charge in [0.25, 0.3) is 0 Å². The molecule has 0 aliphatic carbocycles. The molecule has 0 fully saturated rings. The molecule has 0 radical (unpaired) electrons. The second kappa shape index (κ2) is 6.73. The molecule has 2 aromatic rings. The van der Waals surface area contributed by atoms with Gasteiger partial charge in [-0.1, -0.05) is 39.7 Å². The van der Waals surface area contributed by atoms with Gasteiger partial charge in [0.05, 0.1) is 0 Å². The van der Waals surface area contributed by atoms with Crippen molar-refractivity contribution in [3.63, 3.8) is 0 Å². The highest BCUT2D eigenvalue weighted by molar-refractivity contribution is 9.10. The molecule has 0 atom stereocenters. The first-order valence-electron chi connectivity index (χ1n) is 5.78. The van der Waals surface area contributed by atoms with Gasteiger partial charge in [-0.25, -0.2) is 0 Å². The van der Waals surface area contributed by atoms with Crippen molar-refractivity contribution in [3.8, 4) is 5.75 Å². The Labute approximate surface area is 125 Å². The minimum atomic E-state index is 0.343. The summed E-state index contributed by atoms with van der Waals surface area (Å²) in [4.78, 5) is 10.7. The summed E-state index contributed by atoms with van der Waals surface area (Å²) < 4.78 is 6.68. The summed E-state index contributed by atoms with van der Waals surface area (Å²) in [7, 11) is 0. The van der Waals surface area contributed by atoms with Gasteiger partial charge < -0.3 is 9.53 Å². The lowest BCUT2D eigenvalue weighted by molar-refractivity contribution is -0.107. The van der Waals surface area contributed by atoms with Gasteiger partial charge in [0, 0.05) is 21.5 Å². The van der Waals surface area contributed by atoms with Crippen LogP contribution in [0.25, 0.3) is 0 Å². The van der Waals surface area contributed by atoms with Crippen LogP contribution >= 0.6 is 27.5 Å². The summed E-state index contributed by atoms with van der Waals surface area (Å²) in [6, 6.07) is 13.1. The van der Waals surface area contributed by atoms with Gasteiger partial charge in [-0.3, -0.25) is 0 Å². The van der Waals surface area contributed by atoms with Crippen molar-refractivity contribution in [1.29, 1.82) is 0 Å². The lowest BCUT2D eigenvalue weighted by Crippen LogP contribution is -1.99. The van der Waals surface area contributed by atoms with E-state index in [1.807, 2.05) is 42.5 Å². The highest BCUT2D eigenvalue weighted by atomic mass is 79.9. The standard InChI is InChI=1S/C15H12BrClO2/c16-13-3-6-15(12(9-13)7-8-18)19-10-11-1-4-14(17)5-2-11/h1-6,8-9H,7,10H2. The van der Waals surface area contributed by atoms with Crippen molar-refractivity contribution in [3.05, 3.63) is 63.1 Å². The molecule has 2 nitrogen and oxygen atoms in total. The molecule has 2 aromatic carbocycles. The molecule has 0 aromatic heterocycles. The van der Waals surface area contributed by atoms with Gasteiger partial charge >= 0.3 is 0 Å². The Morgan fingerprint density at radius 1 is 1.16 bits per heavy atom. The van der Waals surface area contributed by atoms with Crippen molar-refractivity contribution in [2.24, 2.45) is 0 Å². The number of hydrogen-bond acceptors (Lipinski definition) is 2. The van der Waals surface area contributed by atoms with E-state index in [-0.39, 0.29) is 0 Å². The van der Waals surface area contributed by atoms with Crippen LogP contribution in [0.3, 0.4) is 0 Å². The van der Waals surface area contributed by atoms with E-state index in [2.05, 4.69) is 15.9 Å². The number of halogens is 2. The zero-order valence-electron chi connectivity index (χ0n) is 10.1. The highest BCUT2D eigenvalue weighted by Gasteiger charge is 2.05. The third kappa shape index (κ3) is 4.08. The molecule has 19 heavy (non-hydrogen) atoms.